The predicted octanol–water partition coefficient (Wildman–Crippen LogP) is 3.47. The number of H-pyrrole nitrogens is 1. The lowest BCUT2D eigenvalue weighted by atomic mass is 9.87. The maximum absolute atomic E-state index is 12.2. The van der Waals surface area contributed by atoms with Crippen LogP contribution in [0.3, 0.4) is 0 Å². The lowest BCUT2D eigenvalue weighted by molar-refractivity contribution is 0.305. The molecule has 0 bridgehead atoms. The summed E-state index contributed by atoms with van der Waals surface area (Å²) < 4.78 is 30.4. The highest BCUT2D eigenvalue weighted by Gasteiger charge is 2.29. The molecule has 2 N–H and O–H groups in total. The molecule has 0 amide bonds. The molecule has 0 aliphatic carbocycles. The van der Waals surface area contributed by atoms with E-state index in [0.29, 0.717) is 29.0 Å². The summed E-state index contributed by atoms with van der Waals surface area (Å²) in [6.07, 6.45) is 4.44. The van der Waals surface area contributed by atoms with Crippen molar-refractivity contribution in [2.45, 2.75) is 25.2 Å². The maximum atomic E-state index is 12.2. The maximum Gasteiger partial charge on any atom is 0.298 e. The van der Waals surface area contributed by atoms with Crippen molar-refractivity contribution in [1.82, 2.24) is 19.9 Å². The number of sulfone groups is 1. The van der Waals surface area contributed by atoms with Crippen molar-refractivity contribution in [2.75, 3.05) is 35.6 Å². The number of piperidine rings is 1. The van der Waals surface area contributed by atoms with Crippen molar-refractivity contribution in [2.24, 2.45) is 11.8 Å². The number of rotatable bonds is 6. The molecule has 1 aliphatic heterocycles. The van der Waals surface area contributed by atoms with Crippen LogP contribution in [-0.4, -0.2) is 53.7 Å². The van der Waals surface area contributed by atoms with Crippen LogP contribution >= 0.6 is 0 Å². The van der Waals surface area contributed by atoms with Crippen LogP contribution in [0.2, 0.25) is 0 Å². The Morgan fingerprint density at radius 2 is 2.16 bits per heavy atom. The standard InChI is InChI=1S/C22H26N6O3S/c1-3-32(29,30)16-4-5-19-18(10-16)27-22(31-19)28-9-7-14(2)15(12-28)11-24-21-17-6-8-23-20(17)25-13-26-21/h4-6,8,10,13-15H,3,7,9,11-12H2,1-2H3,(H2,23,24,25,26). The zero-order valence-electron chi connectivity index (χ0n) is 18.1. The van der Waals surface area contributed by atoms with E-state index in [1.54, 1.807) is 31.5 Å². The number of fused-ring (bicyclic) bond motifs is 2. The Balaban J connectivity index is 1.33. The van der Waals surface area contributed by atoms with Gasteiger partial charge < -0.3 is 19.6 Å². The Morgan fingerprint density at radius 3 is 3.00 bits per heavy atom. The van der Waals surface area contributed by atoms with Crippen molar-refractivity contribution in [3.8, 4) is 0 Å². The van der Waals surface area contributed by atoms with E-state index in [9.17, 15) is 8.42 Å². The third kappa shape index (κ3) is 3.79. The fourth-order valence-electron chi connectivity index (χ4n) is 4.22. The van der Waals surface area contributed by atoms with Gasteiger partial charge in [-0.2, -0.15) is 4.98 Å². The van der Waals surface area contributed by atoms with Gasteiger partial charge >= 0.3 is 0 Å². The molecule has 0 spiro atoms. The zero-order chi connectivity index (χ0) is 22.3. The first-order valence-corrected chi connectivity index (χ1v) is 12.5. The lowest BCUT2D eigenvalue weighted by Crippen LogP contribution is -2.42. The van der Waals surface area contributed by atoms with Gasteiger partial charge in [-0.15, -0.1) is 0 Å². The summed E-state index contributed by atoms with van der Waals surface area (Å²) in [4.78, 5) is 18.8. The first-order valence-electron chi connectivity index (χ1n) is 10.8. The Morgan fingerprint density at radius 1 is 1.28 bits per heavy atom. The van der Waals surface area contributed by atoms with Crippen molar-refractivity contribution in [1.29, 1.82) is 0 Å². The molecule has 32 heavy (non-hydrogen) atoms. The number of nitrogens with one attached hydrogen (secondary N) is 2. The third-order valence-corrected chi connectivity index (χ3v) is 8.09. The Labute approximate surface area is 186 Å². The van der Waals surface area contributed by atoms with Gasteiger partial charge in [0.25, 0.3) is 6.01 Å². The first-order chi connectivity index (χ1) is 15.4. The van der Waals surface area contributed by atoms with Crippen LogP contribution in [0.25, 0.3) is 22.1 Å². The second kappa shape index (κ2) is 8.09. The highest BCUT2D eigenvalue weighted by atomic mass is 32.2. The SMILES string of the molecule is CCS(=O)(=O)c1ccc2oc(N3CCC(C)C(CNc4ncnc5[nH]ccc45)C3)nc2c1. The fourth-order valence-corrected chi connectivity index (χ4v) is 5.12. The summed E-state index contributed by atoms with van der Waals surface area (Å²) in [5.74, 6) is 1.79. The van der Waals surface area contributed by atoms with Crippen LogP contribution < -0.4 is 10.2 Å². The number of aromatic nitrogens is 4. The topological polar surface area (TPSA) is 117 Å². The van der Waals surface area contributed by atoms with Gasteiger partial charge in [-0.3, -0.25) is 0 Å². The minimum Gasteiger partial charge on any atom is -0.423 e. The van der Waals surface area contributed by atoms with E-state index in [1.165, 1.54) is 0 Å². The summed E-state index contributed by atoms with van der Waals surface area (Å²) in [5.41, 5.74) is 1.98. The molecule has 168 valence electrons. The van der Waals surface area contributed by atoms with E-state index in [1.807, 2.05) is 12.3 Å². The number of hydrogen-bond donors (Lipinski definition) is 2. The molecule has 5 rings (SSSR count). The second-order valence-electron chi connectivity index (χ2n) is 8.34. The molecular formula is C22H26N6O3S. The van der Waals surface area contributed by atoms with Crippen LogP contribution in [0.1, 0.15) is 20.3 Å². The van der Waals surface area contributed by atoms with Gasteiger partial charge in [0.2, 0.25) is 0 Å². The molecule has 0 saturated carbocycles. The molecule has 4 aromatic rings. The van der Waals surface area contributed by atoms with Crippen molar-refractivity contribution in [3.63, 3.8) is 0 Å². The van der Waals surface area contributed by atoms with Crippen molar-refractivity contribution >= 4 is 43.8 Å². The average molecular weight is 455 g/mol. The summed E-state index contributed by atoms with van der Waals surface area (Å²) in [6, 6.07) is 7.39. The molecule has 1 aromatic carbocycles. The van der Waals surface area contributed by atoms with Gasteiger partial charge in [0.15, 0.2) is 15.4 Å². The Kier molecular flexibility index (Phi) is 5.24. The summed E-state index contributed by atoms with van der Waals surface area (Å²) in [5, 5.41) is 4.46. The van der Waals surface area contributed by atoms with Crippen LogP contribution in [-0.2, 0) is 9.84 Å². The Bertz CT molecular complexity index is 1360. The van der Waals surface area contributed by atoms with Crippen LogP contribution in [0, 0.1) is 11.8 Å². The van der Waals surface area contributed by atoms with Crippen molar-refractivity contribution < 1.29 is 12.8 Å². The average Bonchev–Trinajstić information content (AvgIpc) is 3.45. The van der Waals surface area contributed by atoms with Crippen LogP contribution in [0.15, 0.2) is 46.1 Å². The van der Waals surface area contributed by atoms with Crippen LogP contribution in [0.5, 0.6) is 0 Å². The molecule has 9 nitrogen and oxygen atoms in total. The molecule has 1 aliphatic rings. The van der Waals surface area contributed by atoms with E-state index in [0.717, 1.165) is 42.9 Å². The molecule has 10 heteroatoms. The number of aromatic amines is 1. The highest BCUT2D eigenvalue weighted by molar-refractivity contribution is 7.91. The van der Waals surface area contributed by atoms with Gasteiger partial charge in [0.05, 0.1) is 16.0 Å². The smallest absolute Gasteiger partial charge is 0.298 e. The molecule has 1 saturated heterocycles. The fraction of sp³-hybridized carbons (Fsp3) is 0.409. The Hall–Kier alpha value is -3.14. The quantitative estimate of drug-likeness (QED) is 0.455. The lowest BCUT2D eigenvalue weighted by Gasteiger charge is -2.36. The molecule has 2 unspecified atom stereocenters. The van der Waals surface area contributed by atoms with E-state index < -0.39 is 9.84 Å². The zero-order valence-corrected chi connectivity index (χ0v) is 18.9. The first kappa shape index (κ1) is 20.7. The van der Waals surface area contributed by atoms with Gasteiger partial charge in [-0.05, 0) is 42.5 Å². The molecule has 0 radical (unpaired) electrons. The van der Waals surface area contributed by atoms with E-state index >= 15 is 0 Å². The normalized spacial score (nSPS) is 19.6. The molecular weight excluding hydrogens is 428 g/mol. The molecule has 1 fully saturated rings. The second-order valence-corrected chi connectivity index (χ2v) is 10.6. The van der Waals surface area contributed by atoms with Gasteiger partial charge in [-0.1, -0.05) is 13.8 Å². The largest absolute Gasteiger partial charge is 0.423 e. The van der Waals surface area contributed by atoms with Crippen molar-refractivity contribution in [3.05, 3.63) is 36.8 Å². The van der Waals surface area contributed by atoms with Gasteiger partial charge in [0.1, 0.15) is 23.3 Å². The van der Waals surface area contributed by atoms with E-state index in [-0.39, 0.29) is 10.6 Å². The number of benzene rings is 1. The minimum absolute atomic E-state index is 0.0588. The summed E-state index contributed by atoms with van der Waals surface area (Å²) in [6.45, 7) is 6.32. The monoisotopic (exact) mass is 454 g/mol. The van der Waals surface area contributed by atoms with Gasteiger partial charge in [0, 0.05) is 25.8 Å². The number of nitrogens with zero attached hydrogens (tertiary/aromatic N) is 4. The summed E-state index contributed by atoms with van der Waals surface area (Å²) >= 11 is 0. The summed E-state index contributed by atoms with van der Waals surface area (Å²) in [7, 11) is -3.28. The number of hydrogen-bond acceptors (Lipinski definition) is 8. The highest BCUT2D eigenvalue weighted by Crippen LogP contribution is 2.31. The minimum atomic E-state index is -3.28. The van der Waals surface area contributed by atoms with E-state index in [2.05, 4.69) is 37.1 Å². The third-order valence-electron chi connectivity index (χ3n) is 6.36. The van der Waals surface area contributed by atoms with Crippen LogP contribution in [0.4, 0.5) is 11.8 Å². The molecule has 4 heterocycles. The predicted molar refractivity (Wildman–Crippen MR) is 124 cm³/mol. The van der Waals surface area contributed by atoms with Gasteiger partial charge in [-0.25, -0.2) is 18.4 Å². The number of anilines is 2. The molecule has 2 atom stereocenters. The number of oxazole rings is 1. The van der Waals surface area contributed by atoms with E-state index in [4.69, 9.17) is 4.42 Å². The molecule has 3 aromatic heterocycles.